The average Bonchev–Trinajstić information content (AvgIpc) is 3.20. The molecule has 0 atom stereocenters. The molecule has 20 heavy (non-hydrogen) atoms. The van der Waals surface area contributed by atoms with Crippen LogP contribution in [0, 0.1) is 23.0 Å². The predicted octanol–water partition coefficient (Wildman–Crippen LogP) is 2.36. The third-order valence-electron chi connectivity index (χ3n) is 3.41. The first kappa shape index (κ1) is 14.5. The monoisotopic (exact) mass is 279 g/mol. The van der Waals surface area contributed by atoms with Crippen LogP contribution >= 0.6 is 0 Å². The summed E-state index contributed by atoms with van der Waals surface area (Å²) >= 11 is 0. The Morgan fingerprint density at radius 2 is 2.15 bits per heavy atom. The van der Waals surface area contributed by atoms with Gasteiger partial charge in [0.25, 0.3) is 0 Å². The molecule has 1 saturated carbocycles. The quantitative estimate of drug-likeness (QED) is 0.609. The van der Waals surface area contributed by atoms with Gasteiger partial charge < -0.3 is 10.2 Å². The zero-order chi connectivity index (χ0) is 14.7. The first-order valence-corrected chi connectivity index (χ1v) is 7.02. The number of nitro groups is 1. The third kappa shape index (κ3) is 3.15. The van der Waals surface area contributed by atoms with Crippen LogP contribution < -0.4 is 10.2 Å². The van der Waals surface area contributed by atoms with Gasteiger partial charge in [0, 0.05) is 20.1 Å². The van der Waals surface area contributed by atoms with Crippen molar-refractivity contribution in [3.05, 3.63) is 15.8 Å². The SMILES string of the molecule is CCCN(CC1CC1)c1nc(NC)nc(C)c1[N+](=O)[O-]. The summed E-state index contributed by atoms with van der Waals surface area (Å²) in [6.45, 7) is 5.34. The van der Waals surface area contributed by atoms with Crippen LogP contribution in [0.4, 0.5) is 17.5 Å². The van der Waals surface area contributed by atoms with Crippen LogP contribution in [0.1, 0.15) is 31.9 Å². The van der Waals surface area contributed by atoms with E-state index in [1.165, 1.54) is 12.8 Å². The van der Waals surface area contributed by atoms with Crippen molar-refractivity contribution in [2.24, 2.45) is 5.92 Å². The van der Waals surface area contributed by atoms with Crippen LogP contribution in [-0.4, -0.2) is 35.0 Å². The van der Waals surface area contributed by atoms with E-state index >= 15 is 0 Å². The smallest absolute Gasteiger partial charge is 0.332 e. The highest BCUT2D eigenvalue weighted by Gasteiger charge is 2.30. The zero-order valence-corrected chi connectivity index (χ0v) is 12.2. The molecule has 1 aliphatic rings. The van der Waals surface area contributed by atoms with Crippen molar-refractivity contribution in [2.45, 2.75) is 33.1 Å². The highest BCUT2D eigenvalue weighted by atomic mass is 16.6. The lowest BCUT2D eigenvalue weighted by Crippen LogP contribution is -2.29. The fraction of sp³-hybridized carbons (Fsp3) is 0.692. The Morgan fingerprint density at radius 1 is 1.45 bits per heavy atom. The highest BCUT2D eigenvalue weighted by molar-refractivity contribution is 5.62. The van der Waals surface area contributed by atoms with Crippen molar-refractivity contribution >= 4 is 17.5 Å². The van der Waals surface area contributed by atoms with Crippen molar-refractivity contribution in [3.8, 4) is 0 Å². The molecule has 1 fully saturated rings. The second-order valence-electron chi connectivity index (χ2n) is 5.20. The summed E-state index contributed by atoms with van der Waals surface area (Å²) in [5, 5.41) is 14.2. The molecule has 0 amide bonds. The molecule has 1 aromatic heterocycles. The van der Waals surface area contributed by atoms with E-state index in [0.29, 0.717) is 23.4 Å². The van der Waals surface area contributed by atoms with Crippen LogP contribution in [0.5, 0.6) is 0 Å². The molecule has 0 spiro atoms. The summed E-state index contributed by atoms with van der Waals surface area (Å²) in [5.41, 5.74) is 0.430. The van der Waals surface area contributed by atoms with Crippen LogP contribution in [-0.2, 0) is 0 Å². The Labute approximate surface area is 118 Å². The van der Waals surface area contributed by atoms with Gasteiger partial charge in [-0.1, -0.05) is 6.92 Å². The van der Waals surface area contributed by atoms with Gasteiger partial charge in [0.05, 0.1) is 4.92 Å². The van der Waals surface area contributed by atoms with Crippen LogP contribution in [0.25, 0.3) is 0 Å². The first-order chi connectivity index (χ1) is 9.56. The standard InChI is InChI=1S/C13H21N5O2/c1-4-7-17(8-10-5-6-10)12-11(18(19)20)9(2)15-13(14-3)16-12/h10H,4-8H2,1-3H3,(H,14,15,16). The van der Waals surface area contributed by atoms with Gasteiger partial charge in [0.15, 0.2) is 0 Å². The van der Waals surface area contributed by atoms with E-state index in [0.717, 1.165) is 19.5 Å². The van der Waals surface area contributed by atoms with E-state index in [-0.39, 0.29) is 10.6 Å². The molecular formula is C13H21N5O2. The van der Waals surface area contributed by atoms with Crippen LogP contribution in [0.2, 0.25) is 0 Å². The molecule has 1 heterocycles. The first-order valence-electron chi connectivity index (χ1n) is 7.02. The van der Waals surface area contributed by atoms with E-state index in [9.17, 15) is 10.1 Å². The number of anilines is 2. The summed E-state index contributed by atoms with van der Waals surface area (Å²) in [6, 6.07) is 0. The summed E-state index contributed by atoms with van der Waals surface area (Å²) in [7, 11) is 1.72. The van der Waals surface area contributed by atoms with Gasteiger partial charge in [-0.15, -0.1) is 0 Å². The number of hydrogen-bond acceptors (Lipinski definition) is 6. The fourth-order valence-electron chi connectivity index (χ4n) is 2.26. The van der Waals surface area contributed by atoms with Crippen molar-refractivity contribution in [3.63, 3.8) is 0 Å². The third-order valence-corrected chi connectivity index (χ3v) is 3.41. The molecule has 1 aromatic rings. The molecule has 0 aromatic carbocycles. The van der Waals surface area contributed by atoms with Gasteiger partial charge in [-0.25, -0.2) is 4.98 Å². The molecule has 0 aliphatic heterocycles. The summed E-state index contributed by atoms with van der Waals surface area (Å²) in [4.78, 5) is 21.4. The van der Waals surface area contributed by atoms with E-state index in [1.54, 1.807) is 14.0 Å². The Morgan fingerprint density at radius 3 is 2.65 bits per heavy atom. The summed E-state index contributed by atoms with van der Waals surface area (Å²) < 4.78 is 0. The maximum absolute atomic E-state index is 11.3. The van der Waals surface area contributed by atoms with E-state index in [1.807, 2.05) is 4.90 Å². The largest absolute Gasteiger partial charge is 0.357 e. The number of nitrogens with one attached hydrogen (secondary N) is 1. The van der Waals surface area contributed by atoms with Crippen molar-refractivity contribution in [2.75, 3.05) is 30.4 Å². The van der Waals surface area contributed by atoms with Crippen LogP contribution in [0.3, 0.4) is 0 Å². The number of rotatable bonds is 7. The van der Waals surface area contributed by atoms with Gasteiger partial charge in [-0.3, -0.25) is 10.1 Å². The lowest BCUT2D eigenvalue weighted by molar-refractivity contribution is -0.385. The molecule has 0 saturated heterocycles. The minimum Gasteiger partial charge on any atom is -0.357 e. The summed E-state index contributed by atoms with van der Waals surface area (Å²) in [5.74, 6) is 1.52. The Hall–Kier alpha value is -1.92. The molecule has 1 aliphatic carbocycles. The molecule has 0 unspecified atom stereocenters. The number of nitrogens with zero attached hydrogens (tertiary/aromatic N) is 4. The van der Waals surface area contributed by atoms with Crippen molar-refractivity contribution in [1.29, 1.82) is 0 Å². The minimum atomic E-state index is -0.375. The van der Waals surface area contributed by atoms with Crippen LogP contribution in [0.15, 0.2) is 0 Å². The van der Waals surface area contributed by atoms with Crippen molar-refractivity contribution < 1.29 is 4.92 Å². The molecule has 0 radical (unpaired) electrons. The van der Waals surface area contributed by atoms with E-state index in [4.69, 9.17) is 0 Å². The number of aryl methyl sites for hydroxylation is 1. The van der Waals surface area contributed by atoms with Gasteiger partial charge in [0.2, 0.25) is 11.8 Å². The molecule has 0 bridgehead atoms. The average molecular weight is 279 g/mol. The fourth-order valence-corrected chi connectivity index (χ4v) is 2.26. The number of hydrogen-bond donors (Lipinski definition) is 1. The zero-order valence-electron chi connectivity index (χ0n) is 12.2. The second-order valence-corrected chi connectivity index (χ2v) is 5.20. The van der Waals surface area contributed by atoms with Crippen molar-refractivity contribution in [1.82, 2.24) is 9.97 Å². The molecular weight excluding hydrogens is 258 g/mol. The van der Waals surface area contributed by atoms with Gasteiger partial charge in [0.1, 0.15) is 5.69 Å². The summed E-state index contributed by atoms with van der Waals surface area (Å²) in [6.07, 6.45) is 3.34. The molecule has 1 N–H and O–H groups in total. The molecule has 110 valence electrons. The molecule has 7 heteroatoms. The maximum Gasteiger partial charge on any atom is 0.332 e. The van der Waals surface area contributed by atoms with E-state index in [2.05, 4.69) is 22.2 Å². The lowest BCUT2D eigenvalue weighted by Gasteiger charge is -2.23. The topological polar surface area (TPSA) is 84.2 Å². The highest BCUT2D eigenvalue weighted by Crippen LogP contribution is 2.35. The molecule has 7 nitrogen and oxygen atoms in total. The Kier molecular flexibility index (Phi) is 4.36. The normalized spacial score (nSPS) is 14.2. The Bertz CT molecular complexity index is 502. The van der Waals surface area contributed by atoms with Gasteiger partial charge in [-0.05, 0) is 32.1 Å². The number of aromatic nitrogens is 2. The lowest BCUT2D eigenvalue weighted by atomic mass is 10.2. The maximum atomic E-state index is 11.3. The van der Waals surface area contributed by atoms with E-state index < -0.39 is 0 Å². The van der Waals surface area contributed by atoms with Gasteiger partial charge in [-0.2, -0.15) is 4.98 Å². The molecule has 2 rings (SSSR count). The second kappa shape index (κ2) is 6.02. The van der Waals surface area contributed by atoms with Gasteiger partial charge >= 0.3 is 5.69 Å². The predicted molar refractivity (Wildman–Crippen MR) is 78.2 cm³/mol. The minimum absolute atomic E-state index is 0.0260. The Balaban J connectivity index is 2.42.